The third kappa shape index (κ3) is 2.63. The number of fused-ring (bicyclic) bond motifs is 1. The Morgan fingerprint density at radius 3 is 2.50 bits per heavy atom. The molecule has 1 aliphatic rings. The van der Waals surface area contributed by atoms with E-state index in [2.05, 4.69) is 4.18 Å². The molecule has 20 heavy (non-hydrogen) atoms. The fourth-order valence-electron chi connectivity index (χ4n) is 2.54. The fraction of sp³-hybridized carbons (Fsp3) is 0.538. The summed E-state index contributed by atoms with van der Waals surface area (Å²) in [4.78, 5) is 0. The SMILES string of the molecule is CC1(C)CCCc2c(OS(=O)(=O)C(F)(F)F)cccc21. The van der Waals surface area contributed by atoms with Crippen molar-refractivity contribution in [3.8, 4) is 5.75 Å². The normalized spacial score (nSPS) is 18.4. The van der Waals surface area contributed by atoms with Crippen molar-refractivity contribution in [1.29, 1.82) is 0 Å². The van der Waals surface area contributed by atoms with E-state index in [0.29, 0.717) is 12.0 Å². The van der Waals surface area contributed by atoms with Crippen LogP contribution in [0.15, 0.2) is 18.2 Å². The zero-order chi connectivity index (χ0) is 15.2. The Morgan fingerprint density at radius 2 is 1.90 bits per heavy atom. The molecule has 3 nitrogen and oxygen atoms in total. The largest absolute Gasteiger partial charge is 0.534 e. The van der Waals surface area contributed by atoms with Gasteiger partial charge in [-0.25, -0.2) is 0 Å². The zero-order valence-electron chi connectivity index (χ0n) is 11.1. The van der Waals surface area contributed by atoms with Gasteiger partial charge in [-0.1, -0.05) is 26.0 Å². The second kappa shape index (κ2) is 4.65. The first-order valence-corrected chi connectivity index (χ1v) is 7.58. The molecule has 0 bridgehead atoms. The number of alkyl halides is 3. The van der Waals surface area contributed by atoms with Crippen molar-refractivity contribution in [1.82, 2.24) is 0 Å². The summed E-state index contributed by atoms with van der Waals surface area (Å²) in [6, 6.07) is 4.60. The average Bonchev–Trinajstić information content (AvgIpc) is 2.28. The second-order valence-corrected chi connectivity index (χ2v) is 7.04. The minimum absolute atomic E-state index is 0.199. The molecule has 0 spiro atoms. The van der Waals surface area contributed by atoms with Gasteiger partial charge in [0.25, 0.3) is 0 Å². The van der Waals surface area contributed by atoms with Crippen molar-refractivity contribution in [3.63, 3.8) is 0 Å². The maximum atomic E-state index is 12.4. The molecule has 1 aromatic carbocycles. The van der Waals surface area contributed by atoms with Gasteiger partial charge in [0.05, 0.1) is 0 Å². The highest BCUT2D eigenvalue weighted by molar-refractivity contribution is 7.88. The average molecular weight is 308 g/mol. The van der Waals surface area contributed by atoms with Crippen molar-refractivity contribution in [2.75, 3.05) is 0 Å². The van der Waals surface area contributed by atoms with Crippen LogP contribution in [0.4, 0.5) is 13.2 Å². The van der Waals surface area contributed by atoms with Crippen LogP contribution in [-0.2, 0) is 22.0 Å². The van der Waals surface area contributed by atoms with Crippen LogP contribution in [0.3, 0.4) is 0 Å². The lowest BCUT2D eigenvalue weighted by atomic mass is 9.72. The first-order chi connectivity index (χ1) is 9.05. The molecule has 0 unspecified atom stereocenters. The van der Waals surface area contributed by atoms with Crippen molar-refractivity contribution in [2.24, 2.45) is 0 Å². The maximum absolute atomic E-state index is 12.4. The quantitative estimate of drug-likeness (QED) is 0.620. The topological polar surface area (TPSA) is 43.4 Å². The summed E-state index contributed by atoms with van der Waals surface area (Å²) in [6.45, 7) is 3.96. The molecule has 0 N–H and O–H groups in total. The summed E-state index contributed by atoms with van der Waals surface area (Å²) in [5.41, 5.74) is -4.22. The van der Waals surface area contributed by atoms with E-state index in [1.807, 2.05) is 19.9 Å². The zero-order valence-corrected chi connectivity index (χ0v) is 11.9. The van der Waals surface area contributed by atoms with Gasteiger partial charge >= 0.3 is 15.6 Å². The highest BCUT2D eigenvalue weighted by atomic mass is 32.2. The van der Waals surface area contributed by atoms with Gasteiger partial charge in [0.1, 0.15) is 5.75 Å². The molecule has 0 amide bonds. The minimum atomic E-state index is -5.62. The Hall–Kier alpha value is -1.24. The third-order valence-corrected chi connectivity index (χ3v) is 4.54. The van der Waals surface area contributed by atoms with E-state index in [1.165, 1.54) is 12.1 Å². The van der Waals surface area contributed by atoms with E-state index in [4.69, 9.17) is 0 Å². The molecule has 0 fully saturated rings. The molecule has 0 aromatic heterocycles. The third-order valence-electron chi connectivity index (χ3n) is 3.57. The number of hydrogen-bond donors (Lipinski definition) is 0. The monoisotopic (exact) mass is 308 g/mol. The second-order valence-electron chi connectivity index (χ2n) is 5.50. The standard InChI is InChI=1S/C13H15F3O3S/c1-12(2)8-4-5-9-10(12)6-3-7-11(9)19-20(17,18)13(14,15)16/h3,6-7H,4-5,8H2,1-2H3. The molecular formula is C13H15F3O3S. The summed E-state index contributed by atoms with van der Waals surface area (Å²) >= 11 is 0. The Kier molecular flexibility index (Phi) is 3.52. The highest BCUT2D eigenvalue weighted by Gasteiger charge is 2.49. The fourth-order valence-corrected chi connectivity index (χ4v) is 3.03. The van der Waals surface area contributed by atoms with Gasteiger partial charge in [-0.05, 0) is 41.9 Å². The van der Waals surface area contributed by atoms with Gasteiger partial charge < -0.3 is 4.18 Å². The van der Waals surface area contributed by atoms with Gasteiger partial charge in [0.15, 0.2) is 0 Å². The summed E-state index contributed by atoms with van der Waals surface area (Å²) in [6.07, 6.45) is 2.20. The van der Waals surface area contributed by atoms with Crippen LogP contribution in [0.25, 0.3) is 0 Å². The molecule has 0 atom stereocenters. The van der Waals surface area contributed by atoms with E-state index in [0.717, 1.165) is 18.4 Å². The van der Waals surface area contributed by atoms with E-state index in [1.54, 1.807) is 0 Å². The van der Waals surface area contributed by atoms with Crippen LogP contribution in [0.1, 0.15) is 37.8 Å². The van der Waals surface area contributed by atoms with E-state index < -0.39 is 15.6 Å². The molecule has 0 saturated carbocycles. The van der Waals surface area contributed by atoms with Crippen molar-refractivity contribution >= 4 is 10.1 Å². The lowest BCUT2D eigenvalue weighted by molar-refractivity contribution is -0.0500. The summed E-state index contributed by atoms with van der Waals surface area (Å²) in [7, 11) is -5.62. The number of hydrogen-bond acceptors (Lipinski definition) is 3. The summed E-state index contributed by atoms with van der Waals surface area (Å²) < 4.78 is 63.7. The van der Waals surface area contributed by atoms with Crippen LogP contribution in [0.2, 0.25) is 0 Å². The molecule has 7 heteroatoms. The lowest BCUT2D eigenvalue weighted by Crippen LogP contribution is -2.29. The van der Waals surface area contributed by atoms with E-state index in [9.17, 15) is 21.6 Å². The van der Waals surface area contributed by atoms with Crippen LogP contribution < -0.4 is 4.18 Å². The van der Waals surface area contributed by atoms with Gasteiger partial charge in [-0.15, -0.1) is 0 Å². The Bertz CT molecular complexity index is 618. The molecule has 0 saturated heterocycles. The molecule has 0 aliphatic heterocycles. The molecule has 112 valence electrons. The summed E-state index contributed by atoms with van der Waals surface area (Å²) in [5.74, 6) is -0.215. The van der Waals surface area contributed by atoms with Gasteiger partial charge in [-0.2, -0.15) is 21.6 Å². The summed E-state index contributed by atoms with van der Waals surface area (Å²) in [5, 5.41) is 0. The van der Waals surface area contributed by atoms with Gasteiger partial charge in [0.2, 0.25) is 0 Å². The molecule has 0 radical (unpaired) electrons. The molecule has 1 aromatic rings. The lowest BCUT2D eigenvalue weighted by Gasteiger charge is -2.33. The minimum Gasteiger partial charge on any atom is -0.376 e. The highest BCUT2D eigenvalue weighted by Crippen LogP contribution is 2.41. The van der Waals surface area contributed by atoms with Crippen LogP contribution in [0, 0.1) is 0 Å². The van der Waals surface area contributed by atoms with Crippen molar-refractivity contribution in [2.45, 2.75) is 44.0 Å². The smallest absolute Gasteiger partial charge is 0.376 e. The van der Waals surface area contributed by atoms with Gasteiger partial charge in [0, 0.05) is 0 Å². The first kappa shape index (κ1) is 15.2. The molecular weight excluding hydrogens is 293 g/mol. The van der Waals surface area contributed by atoms with Crippen molar-refractivity contribution in [3.05, 3.63) is 29.3 Å². The number of rotatable bonds is 2. The predicted octanol–water partition coefficient (Wildman–Crippen LogP) is 3.53. The Balaban J connectivity index is 2.46. The van der Waals surface area contributed by atoms with Gasteiger partial charge in [-0.3, -0.25) is 0 Å². The van der Waals surface area contributed by atoms with Crippen LogP contribution in [-0.4, -0.2) is 13.9 Å². The Labute approximate surface area is 115 Å². The molecule has 0 heterocycles. The molecule has 1 aliphatic carbocycles. The number of halogens is 3. The van der Waals surface area contributed by atoms with E-state index >= 15 is 0 Å². The van der Waals surface area contributed by atoms with Crippen LogP contribution >= 0.6 is 0 Å². The first-order valence-electron chi connectivity index (χ1n) is 6.18. The molecule has 2 rings (SSSR count). The predicted molar refractivity (Wildman–Crippen MR) is 68.0 cm³/mol. The maximum Gasteiger partial charge on any atom is 0.534 e. The van der Waals surface area contributed by atoms with Crippen LogP contribution in [0.5, 0.6) is 5.75 Å². The van der Waals surface area contributed by atoms with E-state index in [-0.39, 0.29) is 11.2 Å². The van der Waals surface area contributed by atoms with Crippen molar-refractivity contribution < 1.29 is 25.8 Å². The Morgan fingerprint density at radius 1 is 1.25 bits per heavy atom. The number of benzene rings is 1.